The fourth-order valence-corrected chi connectivity index (χ4v) is 2.49. The molecule has 23 heavy (non-hydrogen) atoms. The minimum absolute atomic E-state index is 0.207. The van der Waals surface area contributed by atoms with Crippen LogP contribution in [0.3, 0.4) is 0 Å². The Kier molecular flexibility index (Phi) is 5.16. The Morgan fingerprint density at radius 3 is 2.04 bits per heavy atom. The summed E-state index contributed by atoms with van der Waals surface area (Å²) < 4.78 is 0. The zero-order chi connectivity index (χ0) is 17.0. The van der Waals surface area contributed by atoms with Gasteiger partial charge < -0.3 is 10.6 Å². The van der Waals surface area contributed by atoms with E-state index in [9.17, 15) is 9.59 Å². The van der Waals surface area contributed by atoms with Gasteiger partial charge in [-0.1, -0.05) is 35.9 Å². The number of nitrogens with one attached hydrogen (secondary N) is 2. The molecule has 2 N–H and O–H groups in total. The molecule has 4 heteroatoms. The van der Waals surface area contributed by atoms with E-state index in [1.807, 2.05) is 64.1 Å². The van der Waals surface area contributed by atoms with E-state index in [0.29, 0.717) is 0 Å². The van der Waals surface area contributed by atoms with Gasteiger partial charge in [-0.15, -0.1) is 0 Å². The highest BCUT2D eigenvalue weighted by atomic mass is 16.2. The Morgan fingerprint density at radius 1 is 0.826 bits per heavy atom. The molecule has 0 spiro atoms. The lowest BCUT2D eigenvalue weighted by molar-refractivity contribution is -0.123. The molecule has 0 aliphatic rings. The minimum Gasteiger partial charge on any atom is -0.325 e. The Hall–Kier alpha value is -2.62. The molecule has 0 aliphatic heterocycles. The van der Waals surface area contributed by atoms with Crippen molar-refractivity contribution in [2.45, 2.75) is 34.1 Å². The minimum atomic E-state index is -0.319. The fourth-order valence-electron chi connectivity index (χ4n) is 2.49. The first-order valence-corrected chi connectivity index (χ1v) is 7.60. The van der Waals surface area contributed by atoms with E-state index >= 15 is 0 Å². The van der Waals surface area contributed by atoms with Crippen molar-refractivity contribution in [1.82, 2.24) is 0 Å². The second-order valence-electron chi connectivity index (χ2n) is 5.86. The number of carbonyl (C=O) groups is 2. The zero-order valence-electron chi connectivity index (χ0n) is 14.0. The van der Waals surface area contributed by atoms with Gasteiger partial charge in [-0.2, -0.15) is 0 Å². The highest BCUT2D eigenvalue weighted by Crippen LogP contribution is 2.20. The lowest BCUT2D eigenvalue weighted by atomic mass is 10.1. The van der Waals surface area contributed by atoms with Crippen LogP contribution >= 0.6 is 0 Å². The van der Waals surface area contributed by atoms with Crippen molar-refractivity contribution in [3.05, 3.63) is 58.7 Å². The third-order valence-electron chi connectivity index (χ3n) is 3.72. The Labute approximate surface area is 136 Å². The molecule has 0 aromatic heterocycles. The Balaban J connectivity index is 1.99. The van der Waals surface area contributed by atoms with Gasteiger partial charge in [0, 0.05) is 11.4 Å². The van der Waals surface area contributed by atoms with Gasteiger partial charge in [0.15, 0.2) is 0 Å². The van der Waals surface area contributed by atoms with Crippen molar-refractivity contribution in [2.24, 2.45) is 0 Å². The molecule has 120 valence electrons. The quantitative estimate of drug-likeness (QED) is 0.842. The molecule has 0 atom stereocenters. The normalized spacial score (nSPS) is 10.3. The van der Waals surface area contributed by atoms with Crippen LogP contribution in [-0.2, 0) is 9.59 Å². The summed E-state index contributed by atoms with van der Waals surface area (Å²) in [7, 11) is 0. The summed E-state index contributed by atoms with van der Waals surface area (Å²) in [6.07, 6.45) is -0.207. The summed E-state index contributed by atoms with van der Waals surface area (Å²) >= 11 is 0. The van der Waals surface area contributed by atoms with E-state index in [1.54, 1.807) is 0 Å². The first kappa shape index (κ1) is 16.7. The number of aryl methyl sites for hydroxylation is 4. The third kappa shape index (κ3) is 4.42. The van der Waals surface area contributed by atoms with Crippen LogP contribution in [0.25, 0.3) is 0 Å². The van der Waals surface area contributed by atoms with Crippen molar-refractivity contribution >= 4 is 23.2 Å². The molecular weight excluding hydrogens is 288 g/mol. The lowest BCUT2D eigenvalue weighted by Crippen LogP contribution is -2.22. The van der Waals surface area contributed by atoms with Crippen LogP contribution in [0.15, 0.2) is 36.4 Å². The molecule has 0 saturated carbocycles. The van der Waals surface area contributed by atoms with Gasteiger partial charge in [0.25, 0.3) is 0 Å². The van der Waals surface area contributed by atoms with Crippen LogP contribution in [0.5, 0.6) is 0 Å². The highest BCUT2D eigenvalue weighted by Gasteiger charge is 2.13. The van der Waals surface area contributed by atoms with Crippen LogP contribution in [0, 0.1) is 27.7 Å². The summed E-state index contributed by atoms with van der Waals surface area (Å²) in [6.45, 7) is 7.78. The number of hydrogen-bond donors (Lipinski definition) is 2. The molecule has 2 aromatic carbocycles. The van der Waals surface area contributed by atoms with E-state index in [0.717, 1.165) is 33.6 Å². The van der Waals surface area contributed by atoms with Crippen molar-refractivity contribution in [3.63, 3.8) is 0 Å². The maximum Gasteiger partial charge on any atom is 0.233 e. The SMILES string of the molecule is Cc1ccc(NC(=O)CC(=O)Nc2c(C)cccc2C)c(C)c1. The third-order valence-corrected chi connectivity index (χ3v) is 3.72. The van der Waals surface area contributed by atoms with Crippen molar-refractivity contribution in [2.75, 3.05) is 10.6 Å². The molecule has 0 saturated heterocycles. The maximum atomic E-state index is 12.1. The Morgan fingerprint density at radius 2 is 1.43 bits per heavy atom. The molecule has 2 rings (SSSR count). The largest absolute Gasteiger partial charge is 0.325 e. The molecule has 0 heterocycles. The maximum absolute atomic E-state index is 12.1. The first-order valence-electron chi connectivity index (χ1n) is 7.60. The van der Waals surface area contributed by atoms with E-state index in [1.165, 1.54) is 0 Å². The lowest BCUT2D eigenvalue weighted by Gasteiger charge is -2.12. The van der Waals surface area contributed by atoms with Crippen LogP contribution in [-0.4, -0.2) is 11.8 Å². The van der Waals surface area contributed by atoms with Gasteiger partial charge in [0.2, 0.25) is 11.8 Å². The number of anilines is 2. The monoisotopic (exact) mass is 310 g/mol. The number of amides is 2. The second kappa shape index (κ2) is 7.09. The number of benzene rings is 2. The number of rotatable bonds is 4. The fraction of sp³-hybridized carbons (Fsp3) is 0.263. The van der Waals surface area contributed by atoms with E-state index in [2.05, 4.69) is 10.6 Å². The van der Waals surface area contributed by atoms with Crippen molar-refractivity contribution in [3.8, 4) is 0 Å². The Bertz CT molecular complexity index is 731. The van der Waals surface area contributed by atoms with Crippen molar-refractivity contribution in [1.29, 1.82) is 0 Å². The average molecular weight is 310 g/mol. The molecule has 2 aromatic rings. The van der Waals surface area contributed by atoms with Gasteiger partial charge in [-0.3, -0.25) is 9.59 Å². The second-order valence-corrected chi connectivity index (χ2v) is 5.86. The summed E-state index contributed by atoms with van der Waals surface area (Å²) in [5, 5.41) is 5.60. The van der Waals surface area contributed by atoms with Crippen LogP contribution < -0.4 is 10.6 Å². The number of hydrogen-bond acceptors (Lipinski definition) is 2. The summed E-state index contributed by atoms with van der Waals surface area (Å²) in [4.78, 5) is 24.1. The predicted octanol–water partition coefficient (Wildman–Crippen LogP) is 3.89. The summed E-state index contributed by atoms with van der Waals surface area (Å²) in [6, 6.07) is 11.6. The number of carbonyl (C=O) groups excluding carboxylic acids is 2. The van der Waals surface area contributed by atoms with E-state index < -0.39 is 0 Å². The molecule has 0 bridgehead atoms. The predicted molar refractivity (Wildman–Crippen MR) is 93.7 cm³/mol. The summed E-state index contributed by atoms with van der Waals surface area (Å²) in [5.74, 6) is -0.634. The van der Waals surface area contributed by atoms with Gasteiger partial charge in [0.1, 0.15) is 6.42 Å². The first-order chi connectivity index (χ1) is 10.9. The molecule has 2 amide bonds. The van der Waals surface area contributed by atoms with Crippen LogP contribution in [0.2, 0.25) is 0 Å². The topological polar surface area (TPSA) is 58.2 Å². The van der Waals surface area contributed by atoms with Gasteiger partial charge >= 0.3 is 0 Å². The van der Waals surface area contributed by atoms with E-state index in [-0.39, 0.29) is 18.2 Å². The van der Waals surface area contributed by atoms with Gasteiger partial charge in [-0.05, 0) is 50.5 Å². The highest BCUT2D eigenvalue weighted by molar-refractivity contribution is 6.08. The molecule has 0 aliphatic carbocycles. The number of para-hydroxylation sites is 1. The molecule has 0 fully saturated rings. The van der Waals surface area contributed by atoms with Crippen LogP contribution in [0.4, 0.5) is 11.4 Å². The van der Waals surface area contributed by atoms with Crippen molar-refractivity contribution < 1.29 is 9.59 Å². The zero-order valence-corrected chi connectivity index (χ0v) is 14.0. The average Bonchev–Trinajstić information content (AvgIpc) is 2.46. The summed E-state index contributed by atoms with van der Waals surface area (Å²) in [5.41, 5.74) is 5.58. The van der Waals surface area contributed by atoms with E-state index in [4.69, 9.17) is 0 Å². The smallest absolute Gasteiger partial charge is 0.233 e. The molecule has 4 nitrogen and oxygen atoms in total. The standard InChI is InChI=1S/C19H22N2O2/c1-12-8-9-16(15(4)10-12)20-17(22)11-18(23)21-19-13(2)6-5-7-14(19)3/h5-10H,11H2,1-4H3,(H,20,22)(H,21,23). The molecule has 0 radical (unpaired) electrons. The van der Waals surface area contributed by atoms with Gasteiger partial charge in [-0.25, -0.2) is 0 Å². The molecule has 0 unspecified atom stereocenters. The van der Waals surface area contributed by atoms with Crippen LogP contribution in [0.1, 0.15) is 28.7 Å². The molecular formula is C19H22N2O2. The van der Waals surface area contributed by atoms with Gasteiger partial charge in [0.05, 0.1) is 0 Å².